The van der Waals surface area contributed by atoms with Crippen LogP contribution in [0, 0.1) is 5.92 Å². The van der Waals surface area contributed by atoms with Crippen molar-refractivity contribution >= 4 is 23.5 Å². The van der Waals surface area contributed by atoms with E-state index < -0.39 is 17.3 Å². The number of carboxylic acid groups (broad SMARTS) is 1. The van der Waals surface area contributed by atoms with Gasteiger partial charge in [-0.3, -0.25) is 9.59 Å². The lowest BCUT2D eigenvalue weighted by atomic mass is 9.64. The van der Waals surface area contributed by atoms with Crippen molar-refractivity contribution < 1.29 is 14.7 Å². The smallest absolute Gasteiger partial charge is 0.308 e. The van der Waals surface area contributed by atoms with E-state index in [2.05, 4.69) is 5.32 Å². The molecule has 2 N–H and O–H groups in total. The molecular weight excluding hydrogens is 278 g/mol. The summed E-state index contributed by atoms with van der Waals surface area (Å²) >= 11 is 6.00. The Hall–Kier alpha value is -1.55. The highest BCUT2D eigenvalue weighted by Crippen LogP contribution is 2.44. The number of rotatable bonds is 5. The highest BCUT2D eigenvalue weighted by molar-refractivity contribution is 6.30. The van der Waals surface area contributed by atoms with E-state index in [-0.39, 0.29) is 12.5 Å². The average Bonchev–Trinajstić information content (AvgIpc) is 2.34. The minimum absolute atomic E-state index is 0.0980. The van der Waals surface area contributed by atoms with E-state index in [9.17, 15) is 9.59 Å². The molecule has 20 heavy (non-hydrogen) atoms. The highest BCUT2D eigenvalue weighted by Gasteiger charge is 2.45. The molecule has 0 saturated heterocycles. The molecule has 0 spiro atoms. The minimum Gasteiger partial charge on any atom is -0.481 e. The van der Waals surface area contributed by atoms with Crippen LogP contribution in [-0.2, 0) is 15.0 Å². The summed E-state index contributed by atoms with van der Waals surface area (Å²) in [6.07, 6.45) is 2.55. The molecule has 1 aromatic rings. The molecule has 1 amide bonds. The number of nitrogens with one attached hydrogen (secondary N) is 1. The van der Waals surface area contributed by atoms with Crippen LogP contribution in [0.25, 0.3) is 0 Å². The largest absolute Gasteiger partial charge is 0.481 e. The van der Waals surface area contributed by atoms with Crippen molar-refractivity contribution in [2.45, 2.75) is 31.6 Å². The molecule has 1 aliphatic rings. The van der Waals surface area contributed by atoms with Gasteiger partial charge in [0.05, 0.1) is 11.3 Å². The van der Waals surface area contributed by atoms with E-state index in [1.54, 1.807) is 13.0 Å². The molecule has 0 aromatic heterocycles. The third kappa shape index (κ3) is 2.80. The Labute approximate surface area is 123 Å². The van der Waals surface area contributed by atoms with Gasteiger partial charge in [0.15, 0.2) is 0 Å². The summed E-state index contributed by atoms with van der Waals surface area (Å²) in [4.78, 5) is 23.2. The molecule has 2 rings (SSSR count). The van der Waals surface area contributed by atoms with Crippen molar-refractivity contribution in [1.82, 2.24) is 5.32 Å². The van der Waals surface area contributed by atoms with E-state index in [1.807, 2.05) is 18.2 Å². The van der Waals surface area contributed by atoms with Crippen LogP contribution in [0.5, 0.6) is 0 Å². The van der Waals surface area contributed by atoms with E-state index >= 15 is 0 Å². The van der Waals surface area contributed by atoms with E-state index in [0.717, 1.165) is 24.8 Å². The maximum atomic E-state index is 12.4. The lowest BCUT2D eigenvalue weighted by molar-refractivity contribution is -0.141. The van der Waals surface area contributed by atoms with Gasteiger partial charge in [-0.05, 0) is 30.5 Å². The lowest BCUT2D eigenvalue weighted by Crippen LogP contribution is -2.50. The molecule has 108 valence electrons. The van der Waals surface area contributed by atoms with Gasteiger partial charge in [-0.25, -0.2) is 0 Å². The molecule has 0 heterocycles. The number of hydrogen-bond acceptors (Lipinski definition) is 2. The van der Waals surface area contributed by atoms with Gasteiger partial charge in [0.2, 0.25) is 5.91 Å². The molecule has 1 saturated carbocycles. The predicted molar refractivity (Wildman–Crippen MR) is 76.8 cm³/mol. The number of hydrogen-bond donors (Lipinski definition) is 2. The molecular formula is C15H18ClNO3. The maximum Gasteiger partial charge on any atom is 0.308 e. The number of carbonyl (C=O) groups is 2. The van der Waals surface area contributed by atoms with Gasteiger partial charge in [-0.2, -0.15) is 0 Å². The monoisotopic (exact) mass is 295 g/mol. The van der Waals surface area contributed by atoms with Crippen LogP contribution < -0.4 is 5.32 Å². The fraction of sp³-hybridized carbons (Fsp3) is 0.467. The zero-order chi connectivity index (χ0) is 14.8. The summed E-state index contributed by atoms with van der Waals surface area (Å²) in [7, 11) is 0. The number of carbonyl (C=O) groups excluding carboxylic acids is 1. The molecule has 1 unspecified atom stereocenters. The van der Waals surface area contributed by atoms with Crippen molar-refractivity contribution in [1.29, 1.82) is 0 Å². The molecule has 0 bridgehead atoms. The Kier molecular flexibility index (Phi) is 4.33. The lowest BCUT2D eigenvalue weighted by Gasteiger charge is -2.41. The molecule has 0 aliphatic heterocycles. The number of benzene rings is 1. The Morgan fingerprint density at radius 3 is 2.65 bits per heavy atom. The second kappa shape index (κ2) is 5.83. The Bertz CT molecular complexity index is 526. The zero-order valence-corrected chi connectivity index (χ0v) is 12.1. The minimum atomic E-state index is -0.907. The van der Waals surface area contributed by atoms with Crippen LogP contribution in [0.1, 0.15) is 31.7 Å². The van der Waals surface area contributed by atoms with Crippen molar-refractivity contribution in [3.05, 3.63) is 34.9 Å². The third-order valence-electron chi connectivity index (χ3n) is 4.01. The van der Waals surface area contributed by atoms with Gasteiger partial charge < -0.3 is 10.4 Å². The van der Waals surface area contributed by atoms with Crippen LogP contribution in [0.2, 0.25) is 5.02 Å². The van der Waals surface area contributed by atoms with Crippen molar-refractivity contribution in [2.75, 3.05) is 6.54 Å². The van der Waals surface area contributed by atoms with Gasteiger partial charge in [-0.15, -0.1) is 0 Å². The molecule has 1 fully saturated rings. The first-order valence-electron chi connectivity index (χ1n) is 6.73. The number of amides is 1. The quantitative estimate of drug-likeness (QED) is 0.877. The van der Waals surface area contributed by atoms with Crippen LogP contribution >= 0.6 is 11.6 Å². The van der Waals surface area contributed by atoms with Gasteiger partial charge in [0.25, 0.3) is 0 Å². The molecule has 1 aliphatic carbocycles. The van der Waals surface area contributed by atoms with E-state index in [4.69, 9.17) is 16.7 Å². The van der Waals surface area contributed by atoms with Gasteiger partial charge in [-0.1, -0.05) is 37.1 Å². The first kappa shape index (κ1) is 14.9. The fourth-order valence-electron chi connectivity index (χ4n) is 2.47. The second-order valence-corrected chi connectivity index (χ2v) is 5.83. The summed E-state index contributed by atoms with van der Waals surface area (Å²) in [5.74, 6) is -1.59. The zero-order valence-electron chi connectivity index (χ0n) is 11.4. The number of aliphatic carboxylic acids is 1. The number of halogens is 1. The van der Waals surface area contributed by atoms with Crippen molar-refractivity contribution in [3.63, 3.8) is 0 Å². The summed E-state index contributed by atoms with van der Waals surface area (Å²) in [5.41, 5.74) is 0.375. The van der Waals surface area contributed by atoms with E-state index in [1.165, 1.54) is 0 Å². The Morgan fingerprint density at radius 2 is 2.15 bits per heavy atom. The SMILES string of the molecule is CC(CNC(=O)C1(c2cccc(Cl)c2)CCC1)C(=O)O. The van der Waals surface area contributed by atoms with Gasteiger partial charge >= 0.3 is 5.97 Å². The normalized spacial score (nSPS) is 17.9. The predicted octanol–water partition coefficient (Wildman–Crippen LogP) is 2.60. The Balaban J connectivity index is 2.11. The number of carboxylic acids is 1. The summed E-state index contributed by atoms with van der Waals surface area (Å²) < 4.78 is 0. The molecule has 0 radical (unpaired) electrons. The maximum absolute atomic E-state index is 12.4. The fourth-order valence-corrected chi connectivity index (χ4v) is 2.66. The Morgan fingerprint density at radius 1 is 1.45 bits per heavy atom. The van der Waals surface area contributed by atoms with Crippen molar-refractivity contribution in [3.8, 4) is 0 Å². The van der Waals surface area contributed by atoms with E-state index in [0.29, 0.717) is 5.02 Å². The molecule has 4 nitrogen and oxygen atoms in total. The highest BCUT2D eigenvalue weighted by atomic mass is 35.5. The first-order valence-corrected chi connectivity index (χ1v) is 7.11. The molecule has 1 atom stereocenters. The third-order valence-corrected chi connectivity index (χ3v) is 4.24. The van der Waals surface area contributed by atoms with Crippen LogP contribution in [0.3, 0.4) is 0 Å². The van der Waals surface area contributed by atoms with Gasteiger partial charge in [0.1, 0.15) is 0 Å². The van der Waals surface area contributed by atoms with Crippen LogP contribution in [0.15, 0.2) is 24.3 Å². The summed E-state index contributed by atoms with van der Waals surface area (Å²) in [6.45, 7) is 1.73. The average molecular weight is 296 g/mol. The van der Waals surface area contributed by atoms with Crippen LogP contribution in [0.4, 0.5) is 0 Å². The molecule has 1 aromatic carbocycles. The van der Waals surface area contributed by atoms with Crippen LogP contribution in [-0.4, -0.2) is 23.5 Å². The summed E-state index contributed by atoms with van der Waals surface area (Å²) in [5, 5.41) is 12.2. The summed E-state index contributed by atoms with van der Waals surface area (Å²) in [6, 6.07) is 7.35. The van der Waals surface area contributed by atoms with Gasteiger partial charge in [0, 0.05) is 11.6 Å². The van der Waals surface area contributed by atoms with Crippen molar-refractivity contribution in [2.24, 2.45) is 5.92 Å². The molecule has 5 heteroatoms. The standard InChI is InChI=1S/C15H18ClNO3/c1-10(13(18)19)9-17-14(20)15(6-3-7-15)11-4-2-5-12(16)8-11/h2,4-5,8,10H,3,6-7,9H2,1H3,(H,17,20)(H,18,19). The topological polar surface area (TPSA) is 66.4 Å². The second-order valence-electron chi connectivity index (χ2n) is 5.40. The first-order chi connectivity index (χ1) is 9.45.